The van der Waals surface area contributed by atoms with Gasteiger partial charge in [0.15, 0.2) is 5.78 Å². The molecule has 1 heterocycles. The van der Waals surface area contributed by atoms with Crippen LogP contribution in [0.5, 0.6) is 0 Å². The fraction of sp³-hybridized carbons (Fsp3) is 0.121. The van der Waals surface area contributed by atoms with Crippen LogP contribution < -0.4 is 5.32 Å². The number of rotatable bonds is 9. The van der Waals surface area contributed by atoms with Crippen LogP contribution in [0.1, 0.15) is 46.3 Å². The number of carbonyl (C=O) groups excluding carboxylic acids is 1. The molecule has 0 fully saturated rings. The molecule has 0 aliphatic carbocycles. The number of nitrogens with zero attached hydrogens (tertiary/aromatic N) is 1. The molecular formula is C33H27ClN2O3. The number of anilines is 1. The molecule has 194 valence electrons. The minimum atomic E-state index is -0.819. The normalized spacial score (nSPS) is 11.7. The summed E-state index contributed by atoms with van der Waals surface area (Å²) in [7, 11) is 0. The molecule has 1 atom stereocenters. The van der Waals surface area contributed by atoms with Crippen molar-refractivity contribution < 1.29 is 14.7 Å². The van der Waals surface area contributed by atoms with Crippen LogP contribution in [0.15, 0.2) is 103 Å². The maximum atomic E-state index is 13.6. The SMILES string of the molecule is CCC(C(=O)O)c1cccc(CNc2cccc(-c3c(C(=O)c4ccccc4)cnc4c(Cl)cccc34)c2)c1. The molecule has 5 rings (SSSR count). The van der Waals surface area contributed by atoms with E-state index >= 15 is 0 Å². The molecule has 0 saturated carbocycles. The standard InChI is InChI=1S/C33H27ClN2O3/c1-2-26(33(38)39)23-12-6-9-21(17-23)19-35-25-14-7-13-24(18-25)30-27-15-8-16-29(34)31(27)36-20-28(30)32(37)22-10-4-3-5-11-22/h3-18,20,26,35H,2,19H2,1H3,(H,38,39). The lowest BCUT2D eigenvalue weighted by Crippen LogP contribution is -2.11. The van der Waals surface area contributed by atoms with Crippen molar-refractivity contribution in [2.45, 2.75) is 25.8 Å². The molecule has 0 radical (unpaired) electrons. The number of carbonyl (C=O) groups is 2. The molecule has 39 heavy (non-hydrogen) atoms. The predicted molar refractivity (Wildman–Crippen MR) is 156 cm³/mol. The van der Waals surface area contributed by atoms with E-state index < -0.39 is 11.9 Å². The largest absolute Gasteiger partial charge is 0.481 e. The molecule has 0 aliphatic rings. The molecule has 0 amide bonds. The summed E-state index contributed by atoms with van der Waals surface area (Å²) >= 11 is 6.48. The van der Waals surface area contributed by atoms with E-state index in [1.165, 1.54) is 0 Å². The van der Waals surface area contributed by atoms with E-state index in [2.05, 4.69) is 10.3 Å². The van der Waals surface area contributed by atoms with Gasteiger partial charge >= 0.3 is 5.97 Å². The van der Waals surface area contributed by atoms with Gasteiger partial charge in [-0.05, 0) is 41.3 Å². The fourth-order valence-electron chi connectivity index (χ4n) is 4.88. The van der Waals surface area contributed by atoms with Crippen molar-refractivity contribution in [3.05, 3.63) is 131 Å². The molecule has 5 aromatic rings. The second-order valence-corrected chi connectivity index (χ2v) is 9.76. The first-order valence-corrected chi connectivity index (χ1v) is 13.2. The first kappa shape index (κ1) is 26.1. The monoisotopic (exact) mass is 534 g/mol. The number of ketones is 1. The number of aromatic nitrogens is 1. The molecular weight excluding hydrogens is 508 g/mol. The van der Waals surface area contributed by atoms with E-state index in [9.17, 15) is 14.7 Å². The minimum absolute atomic E-state index is 0.112. The van der Waals surface area contributed by atoms with Gasteiger partial charge in [0, 0.05) is 40.5 Å². The Morgan fingerprint density at radius 2 is 1.69 bits per heavy atom. The van der Waals surface area contributed by atoms with Crippen LogP contribution >= 0.6 is 11.6 Å². The smallest absolute Gasteiger partial charge is 0.310 e. The highest BCUT2D eigenvalue weighted by Crippen LogP contribution is 2.36. The summed E-state index contributed by atoms with van der Waals surface area (Å²) < 4.78 is 0. The Hall–Kier alpha value is -4.48. The van der Waals surface area contributed by atoms with E-state index in [1.54, 1.807) is 24.4 Å². The van der Waals surface area contributed by atoms with E-state index in [1.807, 2.05) is 85.8 Å². The lowest BCUT2D eigenvalue weighted by molar-refractivity contribution is -0.138. The Morgan fingerprint density at radius 3 is 2.46 bits per heavy atom. The molecule has 0 spiro atoms. The van der Waals surface area contributed by atoms with Crippen LogP contribution in [-0.4, -0.2) is 21.8 Å². The van der Waals surface area contributed by atoms with Gasteiger partial charge in [-0.2, -0.15) is 0 Å². The molecule has 1 aromatic heterocycles. The van der Waals surface area contributed by atoms with Crippen LogP contribution in [-0.2, 0) is 11.3 Å². The molecule has 0 aliphatic heterocycles. The van der Waals surface area contributed by atoms with E-state index in [0.717, 1.165) is 33.3 Å². The molecule has 4 aromatic carbocycles. The Kier molecular flexibility index (Phi) is 7.71. The van der Waals surface area contributed by atoms with Crippen LogP contribution in [0.4, 0.5) is 5.69 Å². The third-order valence-electron chi connectivity index (χ3n) is 6.84. The number of para-hydroxylation sites is 1. The fourth-order valence-corrected chi connectivity index (χ4v) is 5.10. The predicted octanol–water partition coefficient (Wildman–Crippen LogP) is 7.98. The minimum Gasteiger partial charge on any atom is -0.481 e. The van der Waals surface area contributed by atoms with Crippen LogP contribution in [0.25, 0.3) is 22.0 Å². The third kappa shape index (κ3) is 5.54. The highest BCUT2D eigenvalue weighted by molar-refractivity contribution is 6.35. The number of halogens is 1. The van der Waals surface area contributed by atoms with E-state index in [-0.39, 0.29) is 5.78 Å². The van der Waals surface area contributed by atoms with Gasteiger partial charge in [0.2, 0.25) is 0 Å². The van der Waals surface area contributed by atoms with Crippen molar-refractivity contribution in [3.8, 4) is 11.1 Å². The second-order valence-electron chi connectivity index (χ2n) is 9.36. The average molecular weight is 535 g/mol. The number of aliphatic carboxylic acids is 1. The third-order valence-corrected chi connectivity index (χ3v) is 7.14. The number of carboxylic acids is 1. The quantitative estimate of drug-likeness (QED) is 0.187. The van der Waals surface area contributed by atoms with Crippen molar-refractivity contribution >= 4 is 39.9 Å². The summed E-state index contributed by atoms with van der Waals surface area (Å²) in [6.45, 7) is 2.40. The van der Waals surface area contributed by atoms with Crippen molar-refractivity contribution in [2.75, 3.05) is 5.32 Å². The lowest BCUT2D eigenvalue weighted by atomic mass is 9.92. The first-order valence-electron chi connectivity index (χ1n) is 12.8. The maximum absolute atomic E-state index is 13.6. The van der Waals surface area contributed by atoms with Crippen LogP contribution in [0, 0.1) is 0 Å². The van der Waals surface area contributed by atoms with Gasteiger partial charge in [0.25, 0.3) is 0 Å². The van der Waals surface area contributed by atoms with Gasteiger partial charge in [-0.3, -0.25) is 14.6 Å². The molecule has 0 bridgehead atoms. The van der Waals surface area contributed by atoms with Crippen molar-refractivity contribution in [2.24, 2.45) is 0 Å². The summed E-state index contributed by atoms with van der Waals surface area (Å²) in [5.41, 5.74) is 6.00. The number of nitrogens with one attached hydrogen (secondary N) is 1. The topological polar surface area (TPSA) is 79.3 Å². The number of benzene rings is 4. The van der Waals surface area contributed by atoms with Gasteiger partial charge in [-0.15, -0.1) is 0 Å². The molecule has 0 saturated heterocycles. The Morgan fingerprint density at radius 1 is 0.923 bits per heavy atom. The highest BCUT2D eigenvalue weighted by Gasteiger charge is 2.20. The summed E-state index contributed by atoms with van der Waals surface area (Å²) in [5.74, 6) is -1.46. The Labute approximate surface area is 232 Å². The Bertz CT molecular complexity index is 1670. The number of fused-ring (bicyclic) bond motifs is 1. The Balaban J connectivity index is 1.51. The summed E-state index contributed by atoms with van der Waals surface area (Å²) in [6, 6.07) is 30.3. The average Bonchev–Trinajstić information content (AvgIpc) is 2.96. The van der Waals surface area contributed by atoms with Gasteiger partial charge < -0.3 is 10.4 Å². The highest BCUT2D eigenvalue weighted by atomic mass is 35.5. The summed E-state index contributed by atoms with van der Waals surface area (Å²) in [5, 5.41) is 14.3. The van der Waals surface area contributed by atoms with E-state index in [0.29, 0.717) is 34.6 Å². The zero-order chi connectivity index (χ0) is 27.4. The second kappa shape index (κ2) is 11.5. The molecule has 6 heteroatoms. The van der Waals surface area contributed by atoms with Gasteiger partial charge in [-0.25, -0.2) is 0 Å². The molecule has 5 nitrogen and oxygen atoms in total. The molecule has 2 N–H and O–H groups in total. The lowest BCUT2D eigenvalue weighted by Gasteiger charge is -2.15. The number of pyridine rings is 1. The summed E-state index contributed by atoms with van der Waals surface area (Å²) in [6.07, 6.45) is 2.14. The number of hydrogen-bond acceptors (Lipinski definition) is 4. The van der Waals surface area contributed by atoms with E-state index in [4.69, 9.17) is 11.6 Å². The van der Waals surface area contributed by atoms with Gasteiger partial charge in [0.05, 0.1) is 16.5 Å². The maximum Gasteiger partial charge on any atom is 0.310 e. The molecule has 1 unspecified atom stereocenters. The van der Waals surface area contributed by atoms with Crippen molar-refractivity contribution in [1.29, 1.82) is 0 Å². The summed E-state index contributed by atoms with van der Waals surface area (Å²) in [4.78, 5) is 29.8. The van der Waals surface area contributed by atoms with Crippen LogP contribution in [0.3, 0.4) is 0 Å². The van der Waals surface area contributed by atoms with Gasteiger partial charge in [0.1, 0.15) is 0 Å². The van der Waals surface area contributed by atoms with Crippen molar-refractivity contribution in [3.63, 3.8) is 0 Å². The van der Waals surface area contributed by atoms with Crippen molar-refractivity contribution in [1.82, 2.24) is 4.98 Å². The zero-order valence-electron chi connectivity index (χ0n) is 21.4. The number of hydrogen-bond donors (Lipinski definition) is 2. The van der Waals surface area contributed by atoms with Crippen LogP contribution in [0.2, 0.25) is 5.02 Å². The van der Waals surface area contributed by atoms with Gasteiger partial charge in [-0.1, -0.05) is 97.4 Å². The number of carboxylic acid groups (broad SMARTS) is 1. The zero-order valence-corrected chi connectivity index (χ0v) is 22.2. The first-order chi connectivity index (χ1) is 19.0.